The first-order chi connectivity index (χ1) is 15.9. The summed E-state index contributed by atoms with van der Waals surface area (Å²) < 4.78 is 10.5. The Morgan fingerprint density at radius 1 is 1.03 bits per heavy atom. The van der Waals surface area contributed by atoms with E-state index in [1.165, 1.54) is 44.7 Å². The van der Waals surface area contributed by atoms with Crippen molar-refractivity contribution in [2.75, 3.05) is 19.1 Å². The number of aliphatic hydroxyl groups is 1. The highest BCUT2D eigenvalue weighted by atomic mass is 35.5. The fourth-order valence-corrected chi connectivity index (χ4v) is 4.00. The number of benzene rings is 2. The van der Waals surface area contributed by atoms with Gasteiger partial charge in [0.15, 0.2) is 0 Å². The Morgan fingerprint density at radius 2 is 1.73 bits per heavy atom. The number of nitrogens with zero attached hydrogens (tertiary/aromatic N) is 2. The number of hydrogen-bond acceptors (Lipinski definition) is 7. The minimum absolute atomic E-state index is 0.0968. The van der Waals surface area contributed by atoms with E-state index in [9.17, 15) is 19.8 Å². The molecular weight excluding hydrogens is 448 g/mol. The Bertz CT molecular complexity index is 1280. The van der Waals surface area contributed by atoms with E-state index in [1.54, 1.807) is 30.3 Å². The lowest BCUT2D eigenvalue weighted by Crippen LogP contribution is -2.29. The molecule has 1 aliphatic heterocycles. The number of rotatable bonds is 5. The van der Waals surface area contributed by atoms with Gasteiger partial charge in [-0.3, -0.25) is 19.5 Å². The number of phenolic OH excluding ortho intramolecular Hbond substituents is 1. The number of ether oxygens (including phenoxy) is 2. The van der Waals surface area contributed by atoms with Crippen molar-refractivity contribution >= 4 is 34.7 Å². The van der Waals surface area contributed by atoms with E-state index in [4.69, 9.17) is 21.1 Å². The van der Waals surface area contributed by atoms with E-state index in [0.29, 0.717) is 11.4 Å². The number of aromatic nitrogens is 1. The minimum atomic E-state index is -1.11. The lowest BCUT2D eigenvalue weighted by atomic mass is 9.97. The summed E-state index contributed by atoms with van der Waals surface area (Å²) in [6, 6.07) is 12.9. The quantitative estimate of drug-likeness (QED) is 0.331. The zero-order valence-corrected chi connectivity index (χ0v) is 18.4. The molecule has 33 heavy (non-hydrogen) atoms. The largest absolute Gasteiger partial charge is 0.507 e. The number of hydrogen-bond donors (Lipinski definition) is 2. The number of carbonyl (C=O) groups excluding carboxylic acids is 2. The molecule has 1 aromatic heterocycles. The van der Waals surface area contributed by atoms with E-state index in [0.717, 1.165) is 4.90 Å². The number of aromatic hydroxyl groups is 1. The average Bonchev–Trinajstić information content (AvgIpc) is 3.09. The first-order valence-corrected chi connectivity index (χ1v) is 10.2. The van der Waals surface area contributed by atoms with E-state index >= 15 is 0 Å². The van der Waals surface area contributed by atoms with Crippen molar-refractivity contribution in [1.82, 2.24) is 4.98 Å². The van der Waals surface area contributed by atoms with Crippen molar-refractivity contribution in [3.8, 4) is 17.2 Å². The molecule has 0 radical (unpaired) electrons. The maximum atomic E-state index is 13.2. The van der Waals surface area contributed by atoms with Crippen LogP contribution in [-0.2, 0) is 9.59 Å². The van der Waals surface area contributed by atoms with Gasteiger partial charge in [-0.15, -0.1) is 0 Å². The highest BCUT2D eigenvalue weighted by Gasteiger charge is 2.48. The van der Waals surface area contributed by atoms with Crippen molar-refractivity contribution < 1.29 is 29.3 Å². The standard InChI is InChI=1S/C24H19ClN2O6/c1-32-18-12-19(33-2)14(25)11-13(18)22(29)20-21(15-7-5-6-10-26-15)27(24(31)23(20)30)16-8-3-4-9-17(16)28/h3-12,21,28-29H,1-2H3/b22-20+. The topological polar surface area (TPSA) is 109 Å². The van der Waals surface area contributed by atoms with Crippen LogP contribution in [0.15, 0.2) is 66.4 Å². The normalized spacial score (nSPS) is 17.3. The molecule has 2 aromatic carbocycles. The van der Waals surface area contributed by atoms with Gasteiger partial charge in [0.2, 0.25) is 0 Å². The van der Waals surface area contributed by atoms with Gasteiger partial charge >= 0.3 is 0 Å². The van der Waals surface area contributed by atoms with Gasteiger partial charge in [0.05, 0.1) is 41.8 Å². The molecule has 0 spiro atoms. The highest BCUT2D eigenvalue weighted by molar-refractivity contribution is 6.52. The number of ketones is 1. The zero-order valence-electron chi connectivity index (χ0n) is 17.7. The first-order valence-electron chi connectivity index (χ1n) is 9.80. The number of pyridine rings is 1. The SMILES string of the molecule is COc1cc(OC)c(/C(O)=C2\C(=O)C(=O)N(c3ccccc3O)C2c2ccccn2)cc1Cl. The van der Waals surface area contributed by atoms with Gasteiger partial charge in [-0.1, -0.05) is 29.8 Å². The smallest absolute Gasteiger partial charge is 0.300 e. The van der Waals surface area contributed by atoms with Gasteiger partial charge in [-0.25, -0.2) is 0 Å². The van der Waals surface area contributed by atoms with Crippen LogP contribution in [0, 0.1) is 0 Å². The summed E-state index contributed by atoms with van der Waals surface area (Å²) >= 11 is 6.25. The predicted octanol–water partition coefficient (Wildman–Crippen LogP) is 4.08. The van der Waals surface area contributed by atoms with Gasteiger partial charge in [-0.05, 0) is 30.3 Å². The Hall–Kier alpha value is -4.04. The fourth-order valence-electron chi connectivity index (χ4n) is 3.76. The third-order valence-electron chi connectivity index (χ3n) is 5.28. The summed E-state index contributed by atoms with van der Waals surface area (Å²) in [6.45, 7) is 0. The molecule has 8 nitrogen and oxygen atoms in total. The molecule has 1 amide bonds. The van der Waals surface area contributed by atoms with Crippen LogP contribution in [0.25, 0.3) is 5.76 Å². The maximum absolute atomic E-state index is 13.2. The van der Waals surface area contributed by atoms with Crippen LogP contribution in [0.3, 0.4) is 0 Å². The fraction of sp³-hybridized carbons (Fsp3) is 0.125. The molecule has 0 aliphatic carbocycles. The first kappa shape index (κ1) is 22.2. The van der Waals surface area contributed by atoms with Gasteiger partial charge < -0.3 is 19.7 Å². The molecule has 3 aromatic rings. The molecule has 1 fully saturated rings. The number of methoxy groups -OCH3 is 2. The molecule has 2 heterocycles. The molecule has 0 bridgehead atoms. The van der Waals surface area contributed by atoms with Crippen molar-refractivity contribution in [3.05, 3.63) is 82.6 Å². The van der Waals surface area contributed by atoms with Crippen LogP contribution in [0.5, 0.6) is 17.2 Å². The van der Waals surface area contributed by atoms with E-state index in [1.807, 2.05) is 0 Å². The molecule has 1 atom stereocenters. The molecular formula is C24H19ClN2O6. The second-order valence-electron chi connectivity index (χ2n) is 7.10. The second-order valence-corrected chi connectivity index (χ2v) is 7.51. The lowest BCUT2D eigenvalue weighted by molar-refractivity contribution is -0.132. The molecule has 4 rings (SSSR count). The minimum Gasteiger partial charge on any atom is -0.507 e. The van der Waals surface area contributed by atoms with Crippen LogP contribution in [0.4, 0.5) is 5.69 Å². The number of carbonyl (C=O) groups is 2. The van der Waals surface area contributed by atoms with E-state index in [-0.39, 0.29) is 33.3 Å². The summed E-state index contributed by atoms with van der Waals surface area (Å²) in [5, 5.41) is 21.9. The van der Waals surface area contributed by atoms with Gasteiger partial charge in [0, 0.05) is 12.3 Å². The van der Waals surface area contributed by atoms with Crippen LogP contribution in [0.1, 0.15) is 17.3 Å². The number of phenols is 1. The average molecular weight is 467 g/mol. The molecule has 9 heteroatoms. The molecule has 168 valence electrons. The second kappa shape index (κ2) is 8.84. The van der Waals surface area contributed by atoms with Crippen LogP contribution >= 0.6 is 11.6 Å². The maximum Gasteiger partial charge on any atom is 0.300 e. The Morgan fingerprint density at radius 3 is 2.36 bits per heavy atom. The number of amides is 1. The summed E-state index contributed by atoms with van der Waals surface area (Å²) in [4.78, 5) is 31.7. The number of aliphatic hydroxyl groups excluding tert-OH is 1. The number of Topliss-reactive ketones (excluding diaryl/α,β-unsaturated/α-hetero) is 1. The summed E-state index contributed by atoms with van der Waals surface area (Å²) in [6.07, 6.45) is 1.51. The molecule has 1 unspecified atom stereocenters. The van der Waals surface area contributed by atoms with Crippen LogP contribution < -0.4 is 14.4 Å². The predicted molar refractivity (Wildman–Crippen MR) is 122 cm³/mol. The van der Waals surface area contributed by atoms with Crippen LogP contribution in [-0.4, -0.2) is 41.1 Å². The molecule has 2 N–H and O–H groups in total. The van der Waals surface area contributed by atoms with Gasteiger partial charge in [0.25, 0.3) is 11.7 Å². The summed E-state index contributed by atoms with van der Waals surface area (Å²) in [5.41, 5.74) is 0.301. The third-order valence-corrected chi connectivity index (χ3v) is 5.58. The third kappa shape index (κ3) is 3.74. The molecule has 0 saturated carbocycles. The van der Waals surface area contributed by atoms with Crippen molar-refractivity contribution in [1.29, 1.82) is 0 Å². The van der Waals surface area contributed by atoms with Crippen molar-refractivity contribution in [2.45, 2.75) is 6.04 Å². The number of para-hydroxylation sites is 2. The highest BCUT2D eigenvalue weighted by Crippen LogP contribution is 2.45. The van der Waals surface area contributed by atoms with Crippen LogP contribution in [0.2, 0.25) is 5.02 Å². The summed E-state index contributed by atoms with van der Waals surface area (Å²) in [5.74, 6) is -2.08. The number of halogens is 1. The summed E-state index contributed by atoms with van der Waals surface area (Å²) in [7, 11) is 2.81. The van der Waals surface area contributed by atoms with E-state index in [2.05, 4.69) is 4.98 Å². The Kier molecular flexibility index (Phi) is 5.93. The monoisotopic (exact) mass is 466 g/mol. The van der Waals surface area contributed by atoms with Gasteiger partial charge in [-0.2, -0.15) is 0 Å². The van der Waals surface area contributed by atoms with Crippen molar-refractivity contribution in [3.63, 3.8) is 0 Å². The molecule has 1 saturated heterocycles. The van der Waals surface area contributed by atoms with Gasteiger partial charge in [0.1, 0.15) is 29.0 Å². The Balaban J connectivity index is 2.00. The van der Waals surface area contributed by atoms with Crippen molar-refractivity contribution in [2.24, 2.45) is 0 Å². The number of anilines is 1. The molecule has 1 aliphatic rings. The lowest BCUT2D eigenvalue weighted by Gasteiger charge is -2.25. The zero-order chi connectivity index (χ0) is 23.7. The van der Waals surface area contributed by atoms with E-state index < -0.39 is 23.5 Å². The Labute approximate surface area is 194 Å².